The first kappa shape index (κ1) is 9.92. The molecule has 0 aromatic carbocycles. The minimum atomic E-state index is 0.115. The number of hydrogen-bond acceptors (Lipinski definition) is 4. The smallest absolute Gasteiger partial charge is 0.0501 e. The van der Waals surface area contributed by atoms with Crippen LogP contribution in [0.15, 0.2) is 0 Å². The number of rotatable bonds is 3. The second-order valence-electron chi connectivity index (χ2n) is 3.37. The quantitative estimate of drug-likeness (QED) is 0.668. The Balaban J connectivity index is 2.28. The number of unbranched alkanes of at least 4 members (excludes halogenated alkanes) is 1. The zero-order valence-corrected chi connectivity index (χ0v) is 7.61. The molecule has 0 amide bonds. The van der Waals surface area contributed by atoms with Crippen molar-refractivity contribution in [3.8, 4) is 0 Å². The fourth-order valence-corrected chi connectivity index (χ4v) is 1.51. The Bertz CT molecular complexity index is 132. The monoisotopic (exact) mass is 174 g/mol. The van der Waals surface area contributed by atoms with Crippen molar-refractivity contribution in [3.63, 3.8) is 0 Å². The van der Waals surface area contributed by atoms with Gasteiger partial charge in [-0.3, -0.25) is 0 Å². The van der Waals surface area contributed by atoms with E-state index >= 15 is 0 Å². The minimum absolute atomic E-state index is 0.115. The minimum Gasteiger partial charge on any atom is -0.314 e. The Kier molecular flexibility index (Phi) is 3.94. The number of hydrogen-bond donors (Lipinski definition) is 2. The summed E-state index contributed by atoms with van der Waals surface area (Å²) in [6, 6.07) is 0.115. The van der Waals surface area contributed by atoms with Gasteiger partial charge in [0.25, 0.3) is 0 Å². The molecule has 1 fully saturated rings. The predicted octanol–water partition coefficient (Wildman–Crippen LogP) is 0.941. The zero-order chi connectivity index (χ0) is 8.97. The van der Waals surface area contributed by atoms with Gasteiger partial charge in [-0.2, -0.15) is 10.1 Å². The molecule has 1 rings (SSSR count). The number of hydroxylamine groups is 4. The molecule has 1 atom stereocenters. The van der Waals surface area contributed by atoms with E-state index < -0.39 is 0 Å². The van der Waals surface area contributed by atoms with Gasteiger partial charge in [0, 0.05) is 19.6 Å². The van der Waals surface area contributed by atoms with Crippen molar-refractivity contribution in [2.75, 3.05) is 19.6 Å². The number of nitrogens with zero attached hydrogens (tertiary/aromatic N) is 2. The first-order chi connectivity index (χ1) is 5.74. The molecule has 4 nitrogen and oxygen atoms in total. The summed E-state index contributed by atoms with van der Waals surface area (Å²) in [6.07, 6.45) is 3.20. The van der Waals surface area contributed by atoms with Crippen LogP contribution in [0.5, 0.6) is 0 Å². The zero-order valence-electron chi connectivity index (χ0n) is 7.61. The van der Waals surface area contributed by atoms with Gasteiger partial charge in [-0.25, -0.2) is 0 Å². The molecule has 0 aromatic rings. The third-order valence-corrected chi connectivity index (χ3v) is 2.32. The summed E-state index contributed by atoms with van der Waals surface area (Å²) < 4.78 is 0. The highest BCUT2D eigenvalue weighted by Gasteiger charge is 2.23. The van der Waals surface area contributed by atoms with Gasteiger partial charge in [0.15, 0.2) is 0 Å². The lowest BCUT2D eigenvalue weighted by Crippen LogP contribution is -2.50. The van der Waals surface area contributed by atoms with E-state index in [0.717, 1.165) is 19.3 Å². The average Bonchev–Trinajstić information content (AvgIpc) is 2.07. The predicted molar refractivity (Wildman–Crippen MR) is 45.2 cm³/mol. The van der Waals surface area contributed by atoms with E-state index in [1.54, 1.807) is 0 Å². The normalized spacial score (nSPS) is 27.8. The molecular weight excluding hydrogens is 156 g/mol. The Labute approximate surface area is 73.3 Å². The van der Waals surface area contributed by atoms with Crippen molar-refractivity contribution in [3.05, 3.63) is 0 Å². The molecule has 1 unspecified atom stereocenters. The van der Waals surface area contributed by atoms with Crippen LogP contribution in [0.1, 0.15) is 26.2 Å². The maximum Gasteiger partial charge on any atom is 0.0501 e. The van der Waals surface area contributed by atoms with Crippen LogP contribution in [0.2, 0.25) is 0 Å². The van der Waals surface area contributed by atoms with Crippen LogP contribution < -0.4 is 0 Å². The Hall–Kier alpha value is -0.160. The van der Waals surface area contributed by atoms with Gasteiger partial charge < -0.3 is 10.4 Å². The molecule has 12 heavy (non-hydrogen) atoms. The van der Waals surface area contributed by atoms with E-state index in [9.17, 15) is 10.4 Å². The maximum atomic E-state index is 9.41. The molecule has 2 N–H and O–H groups in total. The third kappa shape index (κ3) is 2.71. The Morgan fingerprint density at radius 2 is 2.08 bits per heavy atom. The lowest BCUT2D eigenvalue weighted by atomic mass is 10.1. The molecular formula is C8H18N2O2. The van der Waals surface area contributed by atoms with Crippen LogP contribution in [0.25, 0.3) is 0 Å². The van der Waals surface area contributed by atoms with Gasteiger partial charge in [-0.1, -0.05) is 19.8 Å². The van der Waals surface area contributed by atoms with Gasteiger partial charge in [0.2, 0.25) is 0 Å². The van der Waals surface area contributed by atoms with Crippen molar-refractivity contribution in [1.82, 2.24) is 10.1 Å². The van der Waals surface area contributed by atoms with E-state index in [1.807, 2.05) is 0 Å². The molecule has 0 aliphatic carbocycles. The van der Waals surface area contributed by atoms with Crippen LogP contribution in [0, 0.1) is 0 Å². The third-order valence-electron chi connectivity index (χ3n) is 2.32. The highest BCUT2D eigenvalue weighted by Crippen LogP contribution is 2.11. The second kappa shape index (κ2) is 4.77. The van der Waals surface area contributed by atoms with Gasteiger partial charge in [0.05, 0.1) is 6.04 Å². The Morgan fingerprint density at radius 3 is 2.75 bits per heavy atom. The highest BCUT2D eigenvalue weighted by molar-refractivity contribution is 4.73. The molecule has 1 aliphatic rings. The standard InChI is InChI=1S/C8H18N2O2/c1-2-3-4-8-7-9(11)5-6-10(8)12/h8,11-12H,2-7H2,1H3. The SMILES string of the molecule is CCCCC1CN(O)CCN1O. The first-order valence-corrected chi connectivity index (χ1v) is 4.63. The molecule has 4 heteroatoms. The van der Waals surface area contributed by atoms with Gasteiger partial charge in [0.1, 0.15) is 0 Å². The molecule has 0 radical (unpaired) electrons. The summed E-state index contributed by atoms with van der Waals surface area (Å²) in [4.78, 5) is 0. The number of piperazine rings is 1. The van der Waals surface area contributed by atoms with Gasteiger partial charge in [-0.15, -0.1) is 0 Å². The fraction of sp³-hybridized carbons (Fsp3) is 1.00. The van der Waals surface area contributed by atoms with Crippen LogP contribution in [-0.4, -0.2) is 46.2 Å². The lowest BCUT2D eigenvalue weighted by molar-refractivity contribution is -0.214. The summed E-state index contributed by atoms with van der Waals surface area (Å²) in [7, 11) is 0. The molecule has 0 saturated carbocycles. The van der Waals surface area contributed by atoms with Crippen LogP contribution in [0.3, 0.4) is 0 Å². The van der Waals surface area contributed by atoms with Crippen molar-refractivity contribution in [1.29, 1.82) is 0 Å². The first-order valence-electron chi connectivity index (χ1n) is 4.63. The molecule has 72 valence electrons. The largest absolute Gasteiger partial charge is 0.314 e. The van der Waals surface area contributed by atoms with Crippen molar-refractivity contribution in [2.45, 2.75) is 32.2 Å². The van der Waals surface area contributed by atoms with Crippen molar-refractivity contribution in [2.24, 2.45) is 0 Å². The molecule has 0 spiro atoms. The van der Waals surface area contributed by atoms with E-state index in [0.29, 0.717) is 19.6 Å². The molecule has 0 aromatic heterocycles. The summed E-state index contributed by atoms with van der Waals surface area (Å²) in [5.41, 5.74) is 0. The Morgan fingerprint density at radius 1 is 1.33 bits per heavy atom. The maximum absolute atomic E-state index is 9.41. The van der Waals surface area contributed by atoms with Crippen LogP contribution in [0.4, 0.5) is 0 Å². The van der Waals surface area contributed by atoms with Crippen LogP contribution in [-0.2, 0) is 0 Å². The van der Waals surface area contributed by atoms with Crippen LogP contribution >= 0.6 is 0 Å². The van der Waals surface area contributed by atoms with E-state index in [4.69, 9.17) is 0 Å². The van der Waals surface area contributed by atoms with Gasteiger partial charge in [-0.05, 0) is 6.42 Å². The molecule has 1 aliphatic heterocycles. The van der Waals surface area contributed by atoms with E-state index in [1.165, 1.54) is 10.1 Å². The van der Waals surface area contributed by atoms with Crippen molar-refractivity contribution < 1.29 is 10.4 Å². The van der Waals surface area contributed by atoms with E-state index in [2.05, 4.69) is 6.92 Å². The van der Waals surface area contributed by atoms with Gasteiger partial charge >= 0.3 is 0 Å². The van der Waals surface area contributed by atoms with Crippen molar-refractivity contribution >= 4 is 0 Å². The highest BCUT2D eigenvalue weighted by atomic mass is 16.5. The lowest BCUT2D eigenvalue weighted by Gasteiger charge is -2.34. The molecule has 1 saturated heterocycles. The average molecular weight is 174 g/mol. The fourth-order valence-electron chi connectivity index (χ4n) is 1.51. The second-order valence-corrected chi connectivity index (χ2v) is 3.37. The summed E-state index contributed by atoms with van der Waals surface area (Å²) in [6.45, 7) is 3.78. The summed E-state index contributed by atoms with van der Waals surface area (Å²) >= 11 is 0. The summed E-state index contributed by atoms with van der Waals surface area (Å²) in [5.74, 6) is 0. The topological polar surface area (TPSA) is 46.9 Å². The summed E-state index contributed by atoms with van der Waals surface area (Å²) in [5, 5.41) is 21.2. The molecule has 1 heterocycles. The van der Waals surface area contributed by atoms with E-state index in [-0.39, 0.29) is 6.04 Å². The molecule has 0 bridgehead atoms.